The van der Waals surface area contributed by atoms with Crippen LogP contribution in [-0.4, -0.2) is 61.0 Å². The number of hydrogen-bond donors (Lipinski definition) is 1. The highest BCUT2D eigenvalue weighted by atomic mass is 19.1. The van der Waals surface area contributed by atoms with E-state index in [2.05, 4.69) is 22.2 Å². The second kappa shape index (κ2) is 12.0. The van der Waals surface area contributed by atoms with E-state index in [4.69, 9.17) is 4.74 Å². The van der Waals surface area contributed by atoms with Gasteiger partial charge in [0.1, 0.15) is 23.3 Å². The standard InChI is InChI=1S/C28H33FN4O3/c1-2-3-17-36-28(22-9-11-23(29)12-10-22)19-33(20-28)27(35)24(18-21-7-5-4-6-8-21)32-26(34)14-13-25-30-15-16-31-25/h4-12,15,24H,2-3,13-14,16-20H2,1H3,(H,32,34). The Bertz CT molecular complexity index is 1100. The van der Waals surface area contributed by atoms with Gasteiger partial charge in [-0.25, -0.2) is 9.38 Å². The second-order valence-corrected chi connectivity index (χ2v) is 9.28. The Labute approximate surface area is 211 Å². The summed E-state index contributed by atoms with van der Waals surface area (Å²) in [5.41, 5.74) is 1.15. The van der Waals surface area contributed by atoms with Crippen LogP contribution < -0.4 is 5.32 Å². The molecule has 7 nitrogen and oxygen atoms in total. The molecule has 0 bridgehead atoms. The number of carbonyl (C=O) groups is 2. The zero-order chi connectivity index (χ0) is 25.4. The van der Waals surface area contributed by atoms with E-state index in [1.54, 1.807) is 23.2 Å². The Morgan fingerprint density at radius 3 is 2.56 bits per heavy atom. The molecule has 2 heterocycles. The first kappa shape index (κ1) is 25.7. The van der Waals surface area contributed by atoms with Crippen LogP contribution in [0.2, 0.25) is 0 Å². The van der Waals surface area contributed by atoms with Crippen molar-refractivity contribution in [3.8, 4) is 0 Å². The van der Waals surface area contributed by atoms with Gasteiger partial charge >= 0.3 is 0 Å². The minimum atomic E-state index is -0.698. The number of nitrogens with zero attached hydrogens (tertiary/aromatic N) is 3. The number of rotatable bonds is 12. The first-order valence-corrected chi connectivity index (χ1v) is 12.6. The molecule has 1 atom stereocenters. The van der Waals surface area contributed by atoms with Crippen LogP contribution in [0, 0.1) is 5.82 Å². The Balaban J connectivity index is 1.45. The van der Waals surface area contributed by atoms with Gasteiger partial charge in [0.15, 0.2) is 0 Å². The van der Waals surface area contributed by atoms with E-state index in [0.717, 1.165) is 24.0 Å². The summed E-state index contributed by atoms with van der Waals surface area (Å²) in [6.45, 7) is 3.92. The summed E-state index contributed by atoms with van der Waals surface area (Å²) in [7, 11) is 0. The van der Waals surface area contributed by atoms with E-state index >= 15 is 0 Å². The molecule has 1 saturated heterocycles. The van der Waals surface area contributed by atoms with Gasteiger partial charge in [-0.05, 0) is 29.7 Å². The van der Waals surface area contributed by atoms with Crippen molar-refractivity contribution in [1.82, 2.24) is 10.2 Å². The molecule has 1 N–H and O–H groups in total. The summed E-state index contributed by atoms with van der Waals surface area (Å²) in [6.07, 6.45) is 4.66. The highest BCUT2D eigenvalue weighted by Gasteiger charge is 2.49. The van der Waals surface area contributed by atoms with Crippen molar-refractivity contribution in [2.24, 2.45) is 9.98 Å². The maximum absolute atomic E-state index is 13.6. The predicted molar refractivity (Wildman–Crippen MR) is 138 cm³/mol. The number of amides is 2. The molecule has 2 amide bonds. The maximum Gasteiger partial charge on any atom is 0.245 e. The molecule has 1 unspecified atom stereocenters. The van der Waals surface area contributed by atoms with Crippen LogP contribution in [0.15, 0.2) is 64.6 Å². The van der Waals surface area contributed by atoms with Gasteiger partial charge in [-0.15, -0.1) is 0 Å². The lowest BCUT2D eigenvalue weighted by atomic mass is 9.84. The molecule has 2 aliphatic rings. The number of hydrogen-bond acceptors (Lipinski definition) is 5. The summed E-state index contributed by atoms with van der Waals surface area (Å²) in [6, 6.07) is 15.2. The molecule has 1 fully saturated rings. The van der Waals surface area contributed by atoms with Crippen molar-refractivity contribution in [3.63, 3.8) is 0 Å². The Morgan fingerprint density at radius 1 is 1.14 bits per heavy atom. The van der Waals surface area contributed by atoms with Gasteiger partial charge in [-0.2, -0.15) is 0 Å². The largest absolute Gasteiger partial charge is 0.367 e. The van der Waals surface area contributed by atoms with Gasteiger partial charge in [0.05, 0.1) is 19.6 Å². The third-order valence-electron chi connectivity index (χ3n) is 6.54. The molecule has 36 heavy (non-hydrogen) atoms. The Kier molecular flexibility index (Phi) is 8.59. The quantitative estimate of drug-likeness (QED) is 0.459. The molecule has 2 aliphatic heterocycles. The molecular weight excluding hydrogens is 459 g/mol. The number of halogens is 1. The third-order valence-corrected chi connectivity index (χ3v) is 6.54. The average Bonchev–Trinajstić information content (AvgIpc) is 3.39. The van der Waals surface area contributed by atoms with E-state index in [0.29, 0.717) is 44.9 Å². The Hall–Kier alpha value is -3.39. The van der Waals surface area contributed by atoms with Gasteiger partial charge in [0, 0.05) is 32.1 Å². The smallest absolute Gasteiger partial charge is 0.245 e. The zero-order valence-corrected chi connectivity index (χ0v) is 20.7. The molecule has 0 radical (unpaired) electrons. The fourth-order valence-corrected chi connectivity index (χ4v) is 4.49. The normalized spacial score (nSPS) is 16.8. The van der Waals surface area contributed by atoms with Crippen molar-refractivity contribution < 1.29 is 18.7 Å². The second-order valence-electron chi connectivity index (χ2n) is 9.28. The van der Waals surface area contributed by atoms with E-state index in [9.17, 15) is 14.0 Å². The van der Waals surface area contributed by atoms with Crippen LogP contribution in [0.4, 0.5) is 4.39 Å². The van der Waals surface area contributed by atoms with Gasteiger partial charge in [-0.3, -0.25) is 14.6 Å². The summed E-state index contributed by atoms with van der Waals surface area (Å²) in [5.74, 6) is -0.0133. The maximum atomic E-state index is 13.6. The number of likely N-dealkylation sites (tertiary alicyclic amines) is 1. The zero-order valence-electron chi connectivity index (χ0n) is 20.7. The number of ether oxygens (including phenoxy) is 1. The number of carbonyl (C=O) groups excluding carboxylic acids is 2. The molecule has 0 aromatic heterocycles. The van der Waals surface area contributed by atoms with E-state index in [-0.39, 0.29) is 24.1 Å². The van der Waals surface area contributed by atoms with Crippen LogP contribution in [0.1, 0.15) is 43.7 Å². The molecule has 0 spiro atoms. The average molecular weight is 493 g/mol. The van der Waals surface area contributed by atoms with E-state index in [1.807, 2.05) is 30.3 Å². The molecule has 4 rings (SSSR count). The minimum absolute atomic E-state index is 0.153. The van der Waals surface area contributed by atoms with Crippen LogP contribution in [0.5, 0.6) is 0 Å². The van der Waals surface area contributed by atoms with E-state index in [1.165, 1.54) is 12.1 Å². The Morgan fingerprint density at radius 2 is 1.89 bits per heavy atom. The SMILES string of the molecule is CCCCOC1(c2ccc(F)cc2)CN(C(=O)C(Cc2ccccc2)NC(=O)CCC2=NCC=N2)C1. The predicted octanol–water partition coefficient (Wildman–Crippen LogP) is 3.67. The number of nitrogens with one attached hydrogen (secondary N) is 1. The molecule has 8 heteroatoms. The van der Waals surface area contributed by atoms with Crippen molar-refractivity contribution in [2.75, 3.05) is 26.2 Å². The lowest BCUT2D eigenvalue weighted by Gasteiger charge is -2.51. The summed E-state index contributed by atoms with van der Waals surface area (Å²) < 4.78 is 19.8. The summed E-state index contributed by atoms with van der Waals surface area (Å²) >= 11 is 0. The molecule has 2 aromatic rings. The van der Waals surface area contributed by atoms with Gasteiger partial charge < -0.3 is 15.0 Å². The molecular formula is C28H33FN4O3. The third kappa shape index (κ3) is 6.43. The minimum Gasteiger partial charge on any atom is -0.367 e. The van der Waals surface area contributed by atoms with Crippen LogP contribution in [0.25, 0.3) is 0 Å². The number of benzene rings is 2. The lowest BCUT2D eigenvalue weighted by molar-refractivity contribution is -0.175. The van der Waals surface area contributed by atoms with Crippen molar-refractivity contribution >= 4 is 23.9 Å². The van der Waals surface area contributed by atoms with Crippen molar-refractivity contribution in [2.45, 2.75) is 50.7 Å². The lowest BCUT2D eigenvalue weighted by Crippen LogP contribution is -2.66. The molecule has 0 aliphatic carbocycles. The summed E-state index contributed by atoms with van der Waals surface area (Å²) in [5, 5.41) is 2.94. The van der Waals surface area contributed by atoms with Crippen molar-refractivity contribution in [3.05, 3.63) is 71.5 Å². The van der Waals surface area contributed by atoms with Gasteiger partial charge in [-0.1, -0.05) is 55.8 Å². The van der Waals surface area contributed by atoms with Crippen LogP contribution >= 0.6 is 0 Å². The van der Waals surface area contributed by atoms with Gasteiger partial charge in [0.25, 0.3) is 0 Å². The molecule has 2 aromatic carbocycles. The number of amidine groups is 1. The molecule has 190 valence electrons. The van der Waals surface area contributed by atoms with E-state index < -0.39 is 11.6 Å². The highest BCUT2D eigenvalue weighted by Crippen LogP contribution is 2.37. The highest BCUT2D eigenvalue weighted by molar-refractivity contribution is 5.96. The van der Waals surface area contributed by atoms with Crippen LogP contribution in [-0.2, 0) is 26.3 Å². The van der Waals surface area contributed by atoms with Crippen molar-refractivity contribution in [1.29, 1.82) is 0 Å². The number of aliphatic imine (C=N–C) groups is 2. The fourth-order valence-electron chi connectivity index (χ4n) is 4.49. The fraction of sp³-hybridized carbons (Fsp3) is 0.429. The number of unbranched alkanes of at least 4 members (excludes halogenated alkanes) is 1. The monoisotopic (exact) mass is 492 g/mol. The topological polar surface area (TPSA) is 83.4 Å². The summed E-state index contributed by atoms with van der Waals surface area (Å²) in [4.78, 5) is 36.4. The first-order valence-electron chi connectivity index (χ1n) is 12.6. The van der Waals surface area contributed by atoms with Crippen LogP contribution in [0.3, 0.4) is 0 Å². The van der Waals surface area contributed by atoms with Gasteiger partial charge in [0.2, 0.25) is 11.8 Å². The first-order chi connectivity index (χ1) is 17.5. The molecule has 0 saturated carbocycles.